The summed E-state index contributed by atoms with van der Waals surface area (Å²) in [7, 11) is -2.22. The van der Waals surface area contributed by atoms with Crippen LogP contribution in [0.4, 0.5) is 5.69 Å². The summed E-state index contributed by atoms with van der Waals surface area (Å²) >= 11 is 3.40. The van der Waals surface area contributed by atoms with E-state index in [0.29, 0.717) is 5.69 Å². The van der Waals surface area contributed by atoms with Gasteiger partial charge in [0.25, 0.3) is 0 Å². The zero-order valence-corrected chi connectivity index (χ0v) is 19.8. The fourth-order valence-electron chi connectivity index (χ4n) is 3.02. The topological polar surface area (TPSA) is 86.8 Å². The maximum Gasteiger partial charge on any atom is 0.244 e. The third-order valence-electron chi connectivity index (χ3n) is 4.62. The van der Waals surface area contributed by atoms with Crippen LogP contribution in [0.3, 0.4) is 0 Å². The molecule has 0 spiro atoms. The summed E-state index contributed by atoms with van der Waals surface area (Å²) in [6.07, 6.45) is 1.06. The number of rotatable bonds is 8. The number of carbonyl (C=O) groups is 2. The van der Waals surface area contributed by atoms with E-state index in [0.717, 1.165) is 26.2 Å². The predicted octanol–water partition coefficient (Wildman–Crippen LogP) is 2.69. The smallest absolute Gasteiger partial charge is 0.244 e. The van der Waals surface area contributed by atoms with E-state index in [2.05, 4.69) is 21.2 Å². The SMILES string of the molecule is CNC(=O)[C@@H](C)N(Cc1cccc(Br)c1)C(=O)CN(c1cccc(C)c1)S(C)(=O)=O. The van der Waals surface area contributed by atoms with Gasteiger partial charge in [-0.1, -0.05) is 40.2 Å². The van der Waals surface area contributed by atoms with Crippen LogP contribution in [0.2, 0.25) is 0 Å². The molecule has 0 radical (unpaired) electrons. The van der Waals surface area contributed by atoms with Crippen molar-refractivity contribution in [3.8, 4) is 0 Å². The number of nitrogens with one attached hydrogen (secondary N) is 1. The molecule has 0 saturated heterocycles. The number of aryl methyl sites for hydroxylation is 1. The van der Waals surface area contributed by atoms with E-state index in [1.807, 2.05) is 37.3 Å². The summed E-state index contributed by atoms with van der Waals surface area (Å²) in [5.41, 5.74) is 2.09. The molecular weight excluding hydrogens is 470 g/mol. The van der Waals surface area contributed by atoms with E-state index < -0.39 is 28.5 Å². The maximum absolute atomic E-state index is 13.2. The van der Waals surface area contributed by atoms with Gasteiger partial charge in [-0.2, -0.15) is 0 Å². The molecule has 0 heterocycles. The minimum atomic E-state index is -3.72. The van der Waals surface area contributed by atoms with Gasteiger partial charge in [-0.15, -0.1) is 0 Å². The van der Waals surface area contributed by atoms with Gasteiger partial charge in [-0.25, -0.2) is 8.42 Å². The number of hydrogen-bond donors (Lipinski definition) is 1. The van der Waals surface area contributed by atoms with E-state index in [-0.39, 0.29) is 12.5 Å². The second-order valence-electron chi connectivity index (χ2n) is 7.05. The Bertz CT molecular complexity index is 1030. The summed E-state index contributed by atoms with van der Waals surface area (Å²) in [5, 5.41) is 2.55. The van der Waals surface area contributed by atoms with Crippen molar-refractivity contribution < 1.29 is 18.0 Å². The number of hydrogen-bond acceptors (Lipinski definition) is 4. The lowest BCUT2D eigenvalue weighted by Crippen LogP contribution is -2.50. The second kappa shape index (κ2) is 10.1. The highest BCUT2D eigenvalue weighted by Gasteiger charge is 2.29. The van der Waals surface area contributed by atoms with E-state index in [9.17, 15) is 18.0 Å². The van der Waals surface area contributed by atoms with Crippen molar-refractivity contribution in [3.63, 3.8) is 0 Å². The van der Waals surface area contributed by atoms with Gasteiger partial charge in [0, 0.05) is 18.1 Å². The van der Waals surface area contributed by atoms with Gasteiger partial charge in [-0.3, -0.25) is 13.9 Å². The Morgan fingerprint density at radius 1 is 1.13 bits per heavy atom. The molecule has 0 fully saturated rings. The lowest BCUT2D eigenvalue weighted by molar-refractivity contribution is -0.139. The normalized spacial score (nSPS) is 12.2. The minimum absolute atomic E-state index is 0.165. The first-order valence-electron chi connectivity index (χ1n) is 9.33. The Labute approximate surface area is 186 Å². The molecule has 2 aromatic carbocycles. The molecule has 0 saturated carbocycles. The summed E-state index contributed by atoms with van der Waals surface area (Å²) in [6.45, 7) is 3.22. The first kappa shape index (κ1) is 23.9. The summed E-state index contributed by atoms with van der Waals surface area (Å²) in [5.74, 6) is -0.808. The van der Waals surface area contributed by atoms with Gasteiger partial charge in [0.15, 0.2) is 0 Å². The Balaban J connectivity index is 2.38. The number of amides is 2. The van der Waals surface area contributed by atoms with E-state index in [1.54, 1.807) is 25.1 Å². The molecule has 1 atom stereocenters. The van der Waals surface area contributed by atoms with Gasteiger partial charge in [0.05, 0.1) is 11.9 Å². The van der Waals surface area contributed by atoms with Crippen LogP contribution in [-0.2, 0) is 26.2 Å². The molecule has 0 aliphatic carbocycles. The lowest BCUT2D eigenvalue weighted by atomic mass is 10.1. The number of carbonyl (C=O) groups excluding carboxylic acids is 2. The van der Waals surface area contributed by atoms with E-state index in [4.69, 9.17) is 0 Å². The third-order valence-corrected chi connectivity index (χ3v) is 6.26. The van der Waals surface area contributed by atoms with Crippen LogP contribution >= 0.6 is 15.9 Å². The quantitative estimate of drug-likeness (QED) is 0.609. The lowest BCUT2D eigenvalue weighted by Gasteiger charge is -2.31. The number of halogens is 1. The van der Waals surface area contributed by atoms with Crippen molar-refractivity contribution in [2.24, 2.45) is 0 Å². The monoisotopic (exact) mass is 495 g/mol. The van der Waals surface area contributed by atoms with Crippen LogP contribution in [0.15, 0.2) is 53.0 Å². The van der Waals surface area contributed by atoms with Crippen LogP contribution in [0.1, 0.15) is 18.1 Å². The average Bonchev–Trinajstić information content (AvgIpc) is 2.68. The molecule has 162 valence electrons. The maximum atomic E-state index is 13.2. The number of likely N-dealkylation sites (N-methyl/N-ethyl adjacent to an activating group) is 1. The predicted molar refractivity (Wildman–Crippen MR) is 122 cm³/mol. The molecule has 9 heteroatoms. The molecule has 0 aliphatic heterocycles. The molecule has 0 bridgehead atoms. The molecule has 2 amide bonds. The van der Waals surface area contributed by atoms with E-state index in [1.165, 1.54) is 11.9 Å². The highest BCUT2D eigenvalue weighted by molar-refractivity contribution is 9.10. The zero-order valence-electron chi connectivity index (χ0n) is 17.4. The first-order chi connectivity index (χ1) is 14.0. The summed E-state index contributed by atoms with van der Waals surface area (Å²) in [4.78, 5) is 26.9. The van der Waals surface area contributed by atoms with Crippen molar-refractivity contribution >= 4 is 43.5 Å². The van der Waals surface area contributed by atoms with Gasteiger partial charge in [0.2, 0.25) is 21.8 Å². The summed E-state index contributed by atoms with van der Waals surface area (Å²) < 4.78 is 26.8. The van der Waals surface area contributed by atoms with Crippen LogP contribution in [0, 0.1) is 6.92 Å². The van der Waals surface area contributed by atoms with Crippen molar-refractivity contribution in [3.05, 3.63) is 64.1 Å². The van der Waals surface area contributed by atoms with Gasteiger partial charge < -0.3 is 10.2 Å². The highest BCUT2D eigenvalue weighted by Crippen LogP contribution is 2.21. The number of sulfonamides is 1. The van der Waals surface area contributed by atoms with Crippen molar-refractivity contribution in [2.75, 3.05) is 24.2 Å². The molecule has 2 rings (SSSR count). The minimum Gasteiger partial charge on any atom is -0.357 e. The van der Waals surface area contributed by atoms with Gasteiger partial charge in [0.1, 0.15) is 12.6 Å². The Kier molecular flexibility index (Phi) is 8.03. The third kappa shape index (κ3) is 6.30. The Morgan fingerprint density at radius 3 is 2.37 bits per heavy atom. The molecule has 2 aromatic rings. The Morgan fingerprint density at radius 2 is 1.80 bits per heavy atom. The standard InChI is InChI=1S/C21H26BrN3O4S/c1-15-7-5-10-19(11-15)25(30(4,28)29)14-20(26)24(16(2)21(27)23-3)13-17-8-6-9-18(22)12-17/h5-12,16H,13-14H2,1-4H3,(H,23,27)/t16-/m1/s1. The highest BCUT2D eigenvalue weighted by atomic mass is 79.9. The first-order valence-corrected chi connectivity index (χ1v) is 12.0. The number of anilines is 1. The van der Waals surface area contributed by atoms with Crippen molar-refractivity contribution in [1.82, 2.24) is 10.2 Å². The molecule has 30 heavy (non-hydrogen) atoms. The molecule has 0 aliphatic rings. The fraction of sp³-hybridized carbons (Fsp3) is 0.333. The van der Waals surface area contributed by atoms with Crippen molar-refractivity contribution in [1.29, 1.82) is 0 Å². The van der Waals surface area contributed by atoms with Crippen molar-refractivity contribution in [2.45, 2.75) is 26.4 Å². The van der Waals surface area contributed by atoms with Crippen LogP contribution in [-0.4, -0.2) is 51.0 Å². The molecular formula is C21H26BrN3O4S. The van der Waals surface area contributed by atoms with Crippen LogP contribution in [0.25, 0.3) is 0 Å². The second-order valence-corrected chi connectivity index (χ2v) is 9.87. The molecule has 7 nitrogen and oxygen atoms in total. The Hall–Kier alpha value is -2.39. The molecule has 0 unspecified atom stereocenters. The van der Waals surface area contributed by atoms with Crippen LogP contribution in [0.5, 0.6) is 0 Å². The molecule has 0 aromatic heterocycles. The number of nitrogens with zero attached hydrogens (tertiary/aromatic N) is 2. The zero-order chi connectivity index (χ0) is 22.5. The van der Waals surface area contributed by atoms with Gasteiger partial charge in [-0.05, 0) is 49.2 Å². The van der Waals surface area contributed by atoms with E-state index >= 15 is 0 Å². The number of benzene rings is 2. The largest absolute Gasteiger partial charge is 0.357 e. The molecule has 1 N–H and O–H groups in total. The van der Waals surface area contributed by atoms with Gasteiger partial charge >= 0.3 is 0 Å². The summed E-state index contributed by atoms with van der Waals surface area (Å²) in [6, 6.07) is 13.5. The van der Waals surface area contributed by atoms with Crippen LogP contribution < -0.4 is 9.62 Å². The fourth-order valence-corrected chi connectivity index (χ4v) is 4.31. The average molecular weight is 496 g/mol.